The molecular formula is C27H34N2O4. The van der Waals surface area contributed by atoms with Crippen molar-refractivity contribution in [1.82, 2.24) is 4.98 Å². The normalized spacial score (nSPS) is 17.6. The molecule has 2 aliphatic rings. The van der Waals surface area contributed by atoms with Crippen LogP contribution in [-0.4, -0.2) is 48.5 Å². The van der Waals surface area contributed by atoms with E-state index in [4.69, 9.17) is 14.5 Å². The molecule has 1 aromatic heterocycles. The third-order valence-corrected chi connectivity index (χ3v) is 6.53. The minimum absolute atomic E-state index is 0.368. The molecule has 2 aliphatic heterocycles. The summed E-state index contributed by atoms with van der Waals surface area (Å²) in [6, 6.07) is 10.5. The SMILES string of the molecule is CCCCOCCOc1ccc(-c2cc3c(nc2C)N2CCC[C@H]2CCC(C(=O)O)=C3)cc1. The van der Waals surface area contributed by atoms with Gasteiger partial charge in [0, 0.05) is 41.6 Å². The highest BCUT2D eigenvalue weighted by atomic mass is 16.5. The Bertz CT molecular complexity index is 1000. The molecule has 0 radical (unpaired) electrons. The molecule has 0 bridgehead atoms. The fourth-order valence-electron chi connectivity index (χ4n) is 4.70. The van der Waals surface area contributed by atoms with Gasteiger partial charge in [0.15, 0.2) is 0 Å². The lowest BCUT2D eigenvalue weighted by molar-refractivity contribution is -0.132. The van der Waals surface area contributed by atoms with E-state index in [1.165, 1.54) is 0 Å². The highest BCUT2D eigenvalue weighted by molar-refractivity contribution is 5.94. The van der Waals surface area contributed by atoms with Crippen LogP contribution in [-0.2, 0) is 9.53 Å². The van der Waals surface area contributed by atoms with E-state index >= 15 is 0 Å². The van der Waals surface area contributed by atoms with E-state index in [1.54, 1.807) is 0 Å². The van der Waals surface area contributed by atoms with Gasteiger partial charge in [-0.15, -0.1) is 0 Å². The standard InChI is InChI=1S/C27H34N2O4/c1-3-4-14-32-15-16-33-24-11-8-20(9-12-24)25-18-22-17-21(27(30)31)7-10-23-6-5-13-29(23)26(22)28-19(25)2/h8-9,11-12,17-18,23H,3-7,10,13-16H2,1-2H3,(H,30,31)/t23-/m0/s1. The van der Waals surface area contributed by atoms with Gasteiger partial charge in [-0.25, -0.2) is 9.78 Å². The number of hydrogen-bond donors (Lipinski definition) is 1. The zero-order chi connectivity index (χ0) is 23.2. The van der Waals surface area contributed by atoms with Crippen LogP contribution >= 0.6 is 0 Å². The van der Waals surface area contributed by atoms with E-state index in [0.29, 0.717) is 31.2 Å². The maximum absolute atomic E-state index is 11.8. The number of benzene rings is 1. The van der Waals surface area contributed by atoms with Crippen molar-refractivity contribution < 1.29 is 19.4 Å². The van der Waals surface area contributed by atoms with E-state index in [1.807, 2.05) is 37.3 Å². The number of unbranched alkanes of at least 4 members (excludes halogenated alkanes) is 1. The van der Waals surface area contributed by atoms with Crippen LogP contribution in [0, 0.1) is 6.92 Å². The predicted octanol–water partition coefficient (Wildman–Crippen LogP) is 5.48. The number of hydrogen-bond acceptors (Lipinski definition) is 5. The predicted molar refractivity (Wildman–Crippen MR) is 131 cm³/mol. The summed E-state index contributed by atoms with van der Waals surface area (Å²) in [4.78, 5) is 19.2. The molecule has 4 rings (SSSR count). The molecule has 0 amide bonds. The summed E-state index contributed by atoms with van der Waals surface area (Å²) in [6.45, 7) is 7.05. The van der Waals surface area contributed by atoms with Crippen LogP contribution in [0.1, 0.15) is 56.7 Å². The van der Waals surface area contributed by atoms with Gasteiger partial charge in [-0.05, 0) is 68.9 Å². The topological polar surface area (TPSA) is 71.9 Å². The number of aryl methyl sites for hydroxylation is 1. The number of rotatable bonds is 9. The van der Waals surface area contributed by atoms with Gasteiger partial charge in [0.1, 0.15) is 18.2 Å². The van der Waals surface area contributed by atoms with Gasteiger partial charge in [0.05, 0.1) is 6.61 Å². The maximum atomic E-state index is 11.8. The van der Waals surface area contributed by atoms with E-state index in [9.17, 15) is 9.90 Å². The fraction of sp³-hybridized carbons (Fsp3) is 0.481. The molecule has 1 aromatic carbocycles. The van der Waals surface area contributed by atoms with Crippen molar-refractivity contribution in [3.05, 3.63) is 47.2 Å². The first-order chi connectivity index (χ1) is 16.1. The molecule has 2 aromatic rings. The van der Waals surface area contributed by atoms with Gasteiger partial charge >= 0.3 is 5.97 Å². The van der Waals surface area contributed by atoms with Crippen molar-refractivity contribution in [1.29, 1.82) is 0 Å². The van der Waals surface area contributed by atoms with Gasteiger partial charge < -0.3 is 19.5 Å². The Morgan fingerprint density at radius 2 is 2.00 bits per heavy atom. The highest BCUT2D eigenvalue weighted by Crippen LogP contribution is 2.37. The van der Waals surface area contributed by atoms with Crippen molar-refractivity contribution in [3.8, 4) is 16.9 Å². The quantitative estimate of drug-likeness (QED) is 0.510. The second-order valence-electron chi connectivity index (χ2n) is 8.88. The Hall–Kier alpha value is -2.86. The van der Waals surface area contributed by atoms with Gasteiger partial charge in [-0.2, -0.15) is 0 Å². The number of carboxylic acid groups (broad SMARTS) is 1. The molecule has 1 fully saturated rings. The van der Waals surface area contributed by atoms with Crippen LogP contribution in [0.15, 0.2) is 35.9 Å². The van der Waals surface area contributed by atoms with Crippen LogP contribution in [0.4, 0.5) is 5.82 Å². The van der Waals surface area contributed by atoms with Gasteiger partial charge in [-0.3, -0.25) is 0 Å². The van der Waals surface area contributed by atoms with Crippen LogP contribution in [0.25, 0.3) is 17.2 Å². The average molecular weight is 451 g/mol. The summed E-state index contributed by atoms with van der Waals surface area (Å²) < 4.78 is 11.3. The zero-order valence-electron chi connectivity index (χ0n) is 19.7. The number of pyridine rings is 1. The summed E-state index contributed by atoms with van der Waals surface area (Å²) in [5.74, 6) is 0.887. The van der Waals surface area contributed by atoms with Gasteiger partial charge in [0.25, 0.3) is 0 Å². The molecule has 0 aliphatic carbocycles. The Morgan fingerprint density at radius 3 is 2.76 bits per heavy atom. The molecule has 1 atom stereocenters. The second-order valence-corrected chi connectivity index (χ2v) is 8.88. The lowest BCUT2D eigenvalue weighted by atomic mass is 9.96. The number of aliphatic carboxylic acids is 1. The fourth-order valence-corrected chi connectivity index (χ4v) is 4.70. The number of carbonyl (C=O) groups is 1. The van der Waals surface area contributed by atoms with E-state index in [0.717, 1.165) is 79.2 Å². The summed E-state index contributed by atoms with van der Waals surface area (Å²) in [5.41, 5.74) is 4.36. The Morgan fingerprint density at radius 1 is 1.18 bits per heavy atom. The smallest absolute Gasteiger partial charge is 0.331 e. The van der Waals surface area contributed by atoms with Crippen LogP contribution in [0.2, 0.25) is 0 Å². The summed E-state index contributed by atoms with van der Waals surface area (Å²) in [7, 11) is 0. The number of fused-ring (bicyclic) bond motifs is 3. The molecule has 6 nitrogen and oxygen atoms in total. The molecule has 0 spiro atoms. The summed E-state index contributed by atoms with van der Waals surface area (Å²) in [6.07, 6.45) is 7.70. The molecule has 0 unspecified atom stereocenters. The molecule has 3 heterocycles. The first-order valence-corrected chi connectivity index (χ1v) is 12.1. The zero-order valence-corrected chi connectivity index (χ0v) is 19.7. The van der Waals surface area contributed by atoms with Crippen LogP contribution in [0.3, 0.4) is 0 Å². The Balaban J connectivity index is 1.55. The number of nitrogens with zero attached hydrogens (tertiary/aromatic N) is 2. The largest absolute Gasteiger partial charge is 0.491 e. The van der Waals surface area contributed by atoms with Gasteiger partial charge in [-0.1, -0.05) is 25.5 Å². The molecule has 1 N–H and O–H groups in total. The summed E-state index contributed by atoms with van der Waals surface area (Å²) in [5, 5.41) is 9.70. The van der Waals surface area contributed by atoms with E-state index < -0.39 is 5.97 Å². The molecular weight excluding hydrogens is 416 g/mol. The van der Waals surface area contributed by atoms with Crippen molar-refractivity contribution in [2.75, 3.05) is 31.3 Å². The molecule has 33 heavy (non-hydrogen) atoms. The highest BCUT2D eigenvalue weighted by Gasteiger charge is 2.30. The maximum Gasteiger partial charge on any atom is 0.331 e. The lowest BCUT2D eigenvalue weighted by Crippen LogP contribution is -2.32. The van der Waals surface area contributed by atoms with Crippen molar-refractivity contribution in [2.45, 2.75) is 58.4 Å². The number of aromatic nitrogens is 1. The third kappa shape index (κ3) is 5.56. The van der Waals surface area contributed by atoms with Crippen molar-refractivity contribution in [3.63, 3.8) is 0 Å². The average Bonchev–Trinajstić information content (AvgIpc) is 3.26. The Labute approximate surface area is 196 Å². The minimum Gasteiger partial charge on any atom is -0.491 e. The first-order valence-electron chi connectivity index (χ1n) is 12.1. The molecule has 176 valence electrons. The summed E-state index contributed by atoms with van der Waals surface area (Å²) >= 11 is 0. The number of anilines is 1. The minimum atomic E-state index is -0.838. The molecule has 6 heteroatoms. The molecule has 0 saturated carbocycles. The van der Waals surface area contributed by atoms with Crippen LogP contribution in [0.5, 0.6) is 5.75 Å². The van der Waals surface area contributed by atoms with E-state index in [-0.39, 0.29) is 0 Å². The number of carboxylic acids is 1. The van der Waals surface area contributed by atoms with Crippen molar-refractivity contribution >= 4 is 17.9 Å². The van der Waals surface area contributed by atoms with E-state index in [2.05, 4.69) is 17.9 Å². The van der Waals surface area contributed by atoms with Crippen LogP contribution < -0.4 is 9.64 Å². The first kappa shape index (κ1) is 23.3. The Kier molecular flexibility index (Phi) is 7.65. The monoisotopic (exact) mass is 450 g/mol. The lowest BCUT2D eigenvalue weighted by Gasteiger charge is -2.30. The van der Waals surface area contributed by atoms with Crippen molar-refractivity contribution in [2.24, 2.45) is 0 Å². The second kappa shape index (κ2) is 10.8. The number of ether oxygens (including phenoxy) is 2. The third-order valence-electron chi connectivity index (χ3n) is 6.53. The molecule has 1 saturated heterocycles. The van der Waals surface area contributed by atoms with Gasteiger partial charge in [0.2, 0.25) is 0 Å².